The number of ether oxygens (including phenoxy) is 1. The number of hydrogen-bond acceptors (Lipinski definition) is 5. The lowest BCUT2D eigenvalue weighted by molar-refractivity contribution is -0.132. The van der Waals surface area contributed by atoms with Crippen molar-refractivity contribution in [3.8, 4) is 5.75 Å². The highest BCUT2D eigenvalue weighted by Gasteiger charge is 2.15. The van der Waals surface area contributed by atoms with Gasteiger partial charge in [-0.15, -0.1) is 0 Å². The summed E-state index contributed by atoms with van der Waals surface area (Å²) < 4.78 is 5.48. The summed E-state index contributed by atoms with van der Waals surface area (Å²) in [6.45, 7) is 5.71. The molecule has 0 saturated heterocycles. The Kier molecular flexibility index (Phi) is 9.76. The third kappa shape index (κ3) is 7.61. The van der Waals surface area contributed by atoms with Crippen LogP contribution >= 0.6 is 0 Å². The number of nitrogens with zero attached hydrogens (tertiary/aromatic N) is 3. The number of nitrogens with one attached hydrogen (secondary N) is 1. The average molecular weight is 477 g/mol. The van der Waals surface area contributed by atoms with E-state index in [0.29, 0.717) is 13.0 Å². The summed E-state index contributed by atoms with van der Waals surface area (Å²) in [6.07, 6.45) is 6.26. The van der Waals surface area contributed by atoms with Crippen molar-refractivity contribution in [3.63, 3.8) is 0 Å². The van der Waals surface area contributed by atoms with E-state index in [9.17, 15) is 4.79 Å². The predicted octanol–water partition coefficient (Wildman–Crippen LogP) is 6.11. The number of carbonyl (C=O) groups excluding carboxylic acids is 1. The van der Waals surface area contributed by atoms with Gasteiger partial charge in [-0.1, -0.05) is 31.5 Å². The molecule has 1 aromatic heterocycles. The van der Waals surface area contributed by atoms with E-state index in [1.54, 1.807) is 7.11 Å². The third-order valence-electron chi connectivity index (χ3n) is 6.30. The van der Waals surface area contributed by atoms with Gasteiger partial charge in [0.15, 0.2) is 0 Å². The van der Waals surface area contributed by atoms with Crippen LogP contribution < -0.4 is 15.0 Å². The van der Waals surface area contributed by atoms with Gasteiger partial charge in [-0.05, 0) is 56.0 Å². The fourth-order valence-corrected chi connectivity index (χ4v) is 4.22. The van der Waals surface area contributed by atoms with Crippen molar-refractivity contribution in [2.45, 2.75) is 58.5 Å². The van der Waals surface area contributed by atoms with Crippen LogP contribution in [-0.2, 0) is 11.3 Å². The highest BCUT2D eigenvalue weighted by molar-refractivity contribution is 5.91. The Labute approximate surface area is 210 Å². The number of benzene rings is 2. The number of rotatable bonds is 13. The molecule has 0 aliphatic carbocycles. The molecule has 0 saturated carbocycles. The number of hydrogen-bond donors (Lipinski definition) is 1. The van der Waals surface area contributed by atoms with E-state index in [4.69, 9.17) is 4.74 Å². The molecule has 1 heterocycles. The first-order chi connectivity index (χ1) is 16.9. The van der Waals surface area contributed by atoms with Crippen LogP contribution in [0.4, 0.5) is 11.4 Å². The van der Waals surface area contributed by atoms with E-state index >= 15 is 0 Å². The van der Waals surface area contributed by atoms with Gasteiger partial charge in [-0.2, -0.15) is 0 Å². The molecule has 35 heavy (non-hydrogen) atoms. The smallest absolute Gasteiger partial charge is 0.222 e. The zero-order valence-electron chi connectivity index (χ0n) is 21.9. The minimum absolute atomic E-state index is 0.235. The highest BCUT2D eigenvalue weighted by atomic mass is 16.5. The molecule has 6 nitrogen and oxygen atoms in total. The zero-order chi connectivity index (χ0) is 25.2. The Hall–Kier alpha value is -3.28. The van der Waals surface area contributed by atoms with Gasteiger partial charge in [0.05, 0.1) is 18.3 Å². The molecule has 188 valence electrons. The predicted molar refractivity (Wildman–Crippen MR) is 146 cm³/mol. The van der Waals surface area contributed by atoms with Gasteiger partial charge in [-0.25, -0.2) is 0 Å². The molecule has 0 aliphatic rings. The van der Waals surface area contributed by atoms with Gasteiger partial charge in [-0.3, -0.25) is 9.78 Å². The summed E-state index contributed by atoms with van der Waals surface area (Å²) in [5.74, 6) is 1.06. The van der Waals surface area contributed by atoms with Crippen LogP contribution in [0.5, 0.6) is 5.75 Å². The van der Waals surface area contributed by atoms with Gasteiger partial charge < -0.3 is 19.9 Å². The number of unbranched alkanes of at least 4 members (excludes halogenated alkanes) is 1. The second-order valence-electron chi connectivity index (χ2n) is 9.42. The standard InChI is InChI=1S/C29H40N4O2/c1-6-7-12-28(34)33(21-23-13-15-25(16-14-23)32(3)4)18-9-10-22(2)31-27-20-26(35-5)19-24-11-8-17-30-29(24)27/h8,11,13-17,19-20,22,31H,6-7,9-10,12,18,21H2,1-5H3. The Bertz CT molecular complexity index is 1080. The second-order valence-corrected chi connectivity index (χ2v) is 9.42. The van der Waals surface area contributed by atoms with E-state index in [0.717, 1.165) is 60.3 Å². The second kappa shape index (κ2) is 13.0. The normalized spacial score (nSPS) is 11.8. The molecule has 3 rings (SSSR count). The van der Waals surface area contributed by atoms with Crippen molar-refractivity contribution < 1.29 is 9.53 Å². The summed E-state index contributed by atoms with van der Waals surface area (Å²) in [5, 5.41) is 4.66. The number of anilines is 2. The molecule has 1 amide bonds. The molecule has 1 unspecified atom stereocenters. The van der Waals surface area contributed by atoms with E-state index in [-0.39, 0.29) is 11.9 Å². The maximum Gasteiger partial charge on any atom is 0.222 e. The summed E-state index contributed by atoms with van der Waals surface area (Å²) >= 11 is 0. The van der Waals surface area contributed by atoms with E-state index < -0.39 is 0 Å². The van der Waals surface area contributed by atoms with Crippen molar-refractivity contribution in [2.24, 2.45) is 0 Å². The summed E-state index contributed by atoms with van der Waals surface area (Å²) in [4.78, 5) is 21.6. The quantitative estimate of drug-likeness (QED) is 0.323. The molecule has 2 aromatic carbocycles. The minimum Gasteiger partial charge on any atom is -0.497 e. The molecule has 6 heteroatoms. The van der Waals surface area contributed by atoms with Crippen molar-refractivity contribution in [3.05, 3.63) is 60.3 Å². The number of pyridine rings is 1. The molecule has 1 atom stereocenters. The number of methoxy groups -OCH3 is 1. The van der Waals surface area contributed by atoms with Gasteiger partial charge in [0.2, 0.25) is 5.91 Å². The lowest BCUT2D eigenvalue weighted by atomic mass is 10.1. The average Bonchev–Trinajstić information content (AvgIpc) is 2.86. The number of fused-ring (bicyclic) bond motifs is 1. The topological polar surface area (TPSA) is 57.7 Å². The lowest BCUT2D eigenvalue weighted by Crippen LogP contribution is -2.32. The molecule has 0 spiro atoms. The largest absolute Gasteiger partial charge is 0.497 e. The molecular weight excluding hydrogens is 436 g/mol. The zero-order valence-corrected chi connectivity index (χ0v) is 21.9. The highest BCUT2D eigenvalue weighted by Crippen LogP contribution is 2.28. The summed E-state index contributed by atoms with van der Waals surface area (Å²) in [5.41, 5.74) is 4.25. The fraction of sp³-hybridized carbons (Fsp3) is 0.448. The Morgan fingerprint density at radius 3 is 2.57 bits per heavy atom. The van der Waals surface area contributed by atoms with E-state index in [1.807, 2.05) is 49.5 Å². The molecular formula is C29H40N4O2. The maximum absolute atomic E-state index is 12.9. The van der Waals surface area contributed by atoms with Gasteiger partial charge in [0.1, 0.15) is 5.75 Å². The first-order valence-electron chi connectivity index (χ1n) is 12.6. The van der Waals surface area contributed by atoms with Crippen LogP contribution in [0.2, 0.25) is 0 Å². The summed E-state index contributed by atoms with van der Waals surface area (Å²) in [7, 11) is 5.76. The van der Waals surface area contributed by atoms with Crippen molar-refractivity contribution in [2.75, 3.05) is 38.0 Å². The van der Waals surface area contributed by atoms with Crippen LogP contribution in [0, 0.1) is 0 Å². The van der Waals surface area contributed by atoms with E-state index in [2.05, 4.69) is 53.3 Å². The minimum atomic E-state index is 0.235. The Morgan fingerprint density at radius 1 is 1.11 bits per heavy atom. The van der Waals surface area contributed by atoms with Crippen molar-refractivity contribution in [1.29, 1.82) is 0 Å². The van der Waals surface area contributed by atoms with Crippen molar-refractivity contribution >= 4 is 28.2 Å². The van der Waals surface area contributed by atoms with Crippen LogP contribution in [0.3, 0.4) is 0 Å². The molecule has 0 radical (unpaired) electrons. The van der Waals surface area contributed by atoms with Gasteiger partial charge in [0, 0.05) is 63.0 Å². The number of aromatic nitrogens is 1. The molecule has 0 fully saturated rings. The number of carbonyl (C=O) groups is 1. The molecule has 0 bridgehead atoms. The van der Waals surface area contributed by atoms with Crippen LogP contribution in [0.1, 0.15) is 51.5 Å². The molecule has 0 aliphatic heterocycles. The van der Waals surface area contributed by atoms with E-state index in [1.165, 1.54) is 5.56 Å². The monoisotopic (exact) mass is 476 g/mol. The third-order valence-corrected chi connectivity index (χ3v) is 6.30. The molecule has 1 N–H and O–H groups in total. The Morgan fingerprint density at radius 2 is 1.89 bits per heavy atom. The van der Waals surface area contributed by atoms with Crippen molar-refractivity contribution in [1.82, 2.24) is 9.88 Å². The van der Waals surface area contributed by atoms with Gasteiger partial charge in [0.25, 0.3) is 0 Å². The first-order valence-corrected chi connectivity index (χ1v) is 12.6. The van der Waals surface area contributed by atoms with Crippen LogP contribution in [-0.4, -0.2) is 49.6 Å². The number of amides is 1. The summed E-state index contributed by atoms with van der Waals surface area (Å²) in [6, 6.07) is 16.7. The fourth-order valence-electron chi connectivity index (χ4n) is 4.22. The maximum atomic E-state index is 12.9. The van der Waals surface area contributed by atoms with Gasteiger partial charge >= 0.3 is 0 Å². The molecule has 3 aromatic rings. The first kappa shape index (κ1) is 26.3. The Balaban J connectivity index is 1.62. The van der Waals surface area contributed by atoms with Crippen LogP contribution in [0.25, 0.3) is 10.9 Å². The SMILES string of the molecule is CCCCC(=O)N(CCCC(C)Nc1cc(OC)cc2cccnc12)Cc1ccc(N(C)C)cc1. The lowest BCUT2D eigenvalue weighted by Gasteiger charge is -2.25. The van der Waals surface area contributed by atoms with Crippen LogP contribution in [0.15, 0.2) is 54.7 Å².